The van der Waals surface area contributed by atoms with Crippen LogP contribution >= 0.6 is 0 Å². The fourth-order valence-electron chi connectivity index (χ4n) is 6.05. The van der Waals surface area contributed by atoms with Gasteiger partial charge in [0.25, 0.3) is 0 Å². The van der Waals surface area contributed by atoms with Crippen LogP contribution in [-0.2, 0) is 15.7 Å². The summed E-state index contributed by atoms with van der Waals surface area (Å²) in [5.41, 5.74) is 4.44. The second-order valence-corrected chi connectivity index (χ2v) is 11.8. The van der Waals surface area contributed by atoms with Gasteiger partial charge in [-0.2, -0.15) is 13.2 Å². The number of aromatic amines is 2. The van der Waals surface area contributed by atoms with Crippen LogP contribution in [0.3, 0.4) is 0 Å². The Balaban J connectivity index is 0.000000178. The second-order valence-electron chi connectivity index (χ2n) is 11.8. The lowest BCUT2D eigenvalue weighted by Crippen LogP contribution is -2.32. The summed E-state index contributed by atoms with van der Waals surface area (Å²) in [7, 11) is 2.73. The maximum Gasteiger partial charge on any atom is 0.416 e. The Labute approximate surface area is 262 Å². The molecule has 0 spiro atoms. The zero-order chi connectivity index (χ0) is 32.6. The summed E-state index contributed by atoms with van der Waals surface area (Å²) in [5.74, 6) is 0.409. The van der Waals surface area contributed by atoms with E-state index in [2.05, 4.69) is 16.0 Å². The molecular formula is C35H33F3N2O6. The van der Waals surface area contributed by atoms with Gasteiger partial charge in [-0.15, -0.1) is 0 Å². The van der Waals surface area contributed by atoms with Gasteiger partial charge in [0.05, 0.1) is 43.1 Å². The number of hydrogen-bond acceptors (Lipinski definition) is 6. The number of aromatic nitrogens is 2. The standard InChI is InChI=1S/C21H18F3NO3.C14H15NO3/c1-27-20(26)18-11-25-19-7-2-12(10-17(18)19)13-8-16(9-13)28-15-5-3-14(4-6-15)21(22,23)24;1-18-14(17)12-7-15-13-3-2-8(6-11(12)13)9-4-10(16)5-9/h2-7,10-11,13,16,25H,8-9H2,1H3;2-3,6-7,9-10,15-16H,4-5H2,1H3. The number of carbonyl (C=O) groups excluding carboxylic acids is 2. The van der Waals surface area contributed by atoms with Gasteiger partial charge in [0.15, 0.2) is 0 Å². The van der Waals surface area contributed by atoms with Crippen molar-refractivity contribution < 1.29 is 42.1 Å². The fourth-order valence-corrected chi connectivity index (χ4v) is 6.05. The van der Waals surface area contributed by atoms with Crippen molar-refractivity contribution in [3.05, 3.63) is 101 Å². The van der Waals surface area contributed by atoms with Crippen molar-refractivity contribution in [2.24, 2.45) is 0 Å². The molecule has 0 saturated heterocycles. The number of methoxy groups -OCH3 is 2. The Morgan fingerprint density at radius 3 is 1.65 bits per heavy atom. The Morgan fingerprint density at radius 1 is 0.739 bits per heavy atom. The van der Waals surface area contributed by atoms with Crippen LogP contribution in [0, 0.1) is 0 Å². The number of aliphatic hydroxyl groups excluding tert-OH is 1. The molecule has 3 N–H and O–H groups in total. The maximum atomic E-state index is 12.6. The average Bonchev–Trinajstić information content (AvgIpc) is 3.64. The van der Waals surface area contributed by atoms with Gasteiger partial charge < -0.3 is 29.3 Å². The molecule has 3 aromatic carbocycles. The Kier molecular flexibility index (Phi) is 8.52. The number of fused-ring (bicyclic) bond motifs is 2. The van der Waals surface area contributed by atoms with E-state index < -0.39 is 11.7 Å². The minimum absolute atomic E-state index is 0.0382. The third kappa shape index (κ3) is 6.32. The van der Waals surface area contributed by atoms with Gasteiger partial charge in [0.2, 0.25) is 0 Å². The van der Waals surface area contributed by atoms with E-state index in [4.69, 9.17) is 14.2 Å². The van der Waals surface area contributed by atoms with Crippen LogP contribution in [0.1, 0.15) is 74.9 Å². The van der Waals surface area contributed by atoms with Gasteiger partial charge in [-0.3, -0.25) is 0 Å². The highest BCUT2D eigenvalue weighted by Crippen LogP contribution is 2.41. The molecule has 7 rings (SSSR count). The molecule has 2 aliphatic rings. The number of halogens is 3. The number of carbonyl (C=O) groups is 2. The smallest absolute Gasteiger partial charge is 0.416 e. The highest BCUT2D eigenvalue weighted by atomic mass is 19.4. The van der Waals surface area contributed by atoms with E-state index in [0.717, 1.165) is 65.2 Å². The first-order valence-corrected chi connectivity index (χ1v) is 14.9. The third-order valence-electron chi connectivity index (χ3n) is 8.86. The van der Waals surface area contributed by atoms with Crippen molar-refractivity contribution in [1.29, 1.82) is 0 Å². The number of rotatable bonds is 6. The molecule has 2 aliphatic carbocycles. The van der Waals surface area contributed by atoms with Gasteiger partial charge in [-0.25, -0.2) is 9.59 Å². The largest absolute Gasteiger partial charge is 0.490 e. The molecule has 240 valence electrons. The molecule has 2 saturated carbocycles. The molecule has 2 fully saturated rings. The molecule has 0 unspecified atom stereocenters. The summed E-state index contributed by atoms with van der Waals surface area (Å²) in [6, 6.07) is 16.7. The number of aliphatic hydroxyl groups is 1. The predicted octanol–water partition coefficient (Wildman–Crippen LogP) is 7.49. The zero-order valence-corrected chi connectivity index (χ0v) is 25.2. The highest BCUT2D eigenvalue weighted by Gasteiger charge is 2.34. The molecule has 11 heteroatoms. The minimum atomic E-state index is -4.35. The molecule has 0 atom stereocenters. The van der Waals surface area contributed by atoms with Crippen LogP contribution in [0.25, 0.3) is 21.8 Å². The summed E-state index contributed by atoms with van der Waals surface area (Å²) < 4.78 is 53.2. The van der Waals surface area contributed by atoms with E-state index in [1.807, 2.05) is 30.3 Å². The molecule has 2 heterocycles. The number of ether oxygens (including phenoxy) is 3. The number of benzene rings is 3. The number of esters is 2. The molecule has 8 nitrogen and oxygen atoms in total. The van der Waals surface area contributed by atoms with Crippen LogP contribution in [-0.4, -0.2) is 53.4 Å². The van der Waals surface area contributed by atoms with Crippen molar-refractivity contribution in [1.82, 2.24) is 9.97 Å². The van der Waals surface area contributed by atoms with Crippen molar-refractivity contribution in [3.63, 3.8) is 0 Å². The van der Waals surface area contributed by atoms with Crippen molar-refractivity contribution in [3.8, 4) is 5.75 Å². The Bertz CT molecular complexity index is 1870. The molecule has 0 bridgehead atoms. The number of alkyl halides is 3. The first-order chi connectivity index (χ1) is 22.0. The van der Waals surface area contributed by atoms with E-state index in [1.165, 1.54) is 31.9 Å². The average molecular weight is 635 g/mol. The first kappa shape index (κ1) is 31.2. The predicted molar refractivity (Wildman–Crippen MR) is 165 cm³/mol. The van der Waals surface area contributed by atoms with Gasteiger partial charge in [0.1, 0.15) is 5.75 Å². The summed E-state index contributed by atoms with van der Waals surface area (Å²) >= 11 is 0. The van der Waals surface area contributed by atoms with E-state index in [-0.39, 0.29) is 30.1 Å². The number of H-pyrrole nitrogens is 2. The molecule has 5 aromatic rings. The number of nitrogens with one attached hydrogen (secondary N) is 2. The van der Waals surface area contributed by atoms with Crippen LogP contribution in [0.2, 0.25) is 0 Å². The van der Waals surface area contributed by atoms with Crippen LogP contribution in [0.4, 0.5) is 13.2 Å². The summed E-state index contributed by atoms with van der Waals surface area (Å²) in [6.07, 6.45) is 1.91. The SMILES string of the molecule is COC(=O)c1c[nH]c2ccc(C3CC(O)C3)cc12.COC(=O)c1c[nH]c2ccc(C3CC(Oc4ccc(C(F)(F)F)cc4)C3)cc12. The molecule has 46 heavy (non-hydrogen) atoms. The first-order valence-electron chi connectivity index (χ1n) is 14.9. The third-order valence-corrected chi connectivity index (χ3v) is 8.86. The van der Waals surface area contributed by atoms with Crippen molar-refractivity contribution >= 4 is 33.7 Å². The van der Waals surface area contributed by atoms with Crippen molar-refractivity contribution in [2.75, 3.05) is 14.2 Å². The van der Waals surface area contributed by atoms with E-state index in [1.54, 1.807) is 12.4 Å². The molecular weight excluding hydrogens is 601 g/mol. The topological polar surface area (TPSA) is 114 Å². The van der Waals surface area contributed by atoms with Crippen molar-refractivity contribution in [2.45, 2.75) is 55.9 Å². The minimum Gasteiger partial charge on any atom is -0.490 e. The quantitative estimate of drug-likeness (QED) is 0.167. The normalized spacial score (nSPS) is 20.7. The maximum absolute atomic E-state index is 12.6. The van der Waals surface area contributed by atoms with Gasteiger partial charge in [0, 0.05) is 34.2 Å². The highest BCUT2D eigenvalue weighted by molar-refractivity contribution is 6.05. The Morgan fingerprint density at radius 2 is 1.22 bits per heavy atom. The lowest BCUT2D eigenvalue weighted by Gasteiger charge is -2.35. The summed E-state index contributed by atoms with van der Waals surface area (Å²) in [6.45, 7) is 0. The Hall–Kier alpha value is -4.77. The second kappa shape index (κ2) is 12.6. The van der Waals surface area contributed by atoms with Gasteiger partial charge in [-0.1, -0.05) is 12.1 Å². The van der Waals surface area contributed by atoms with E-state index in [9.17, 15) is 27.9 Å². The van der Waals surface area contributed by atoms with Crippen LogP contribution in [0.15, 0.2) is 73.1 Å². The molecule has 0 aliphatic heterocycles. The van der Waals surface area contributed by atoms with Gasteiger partial charge in [-0.05, 0) is 97.2 Å². The zero-order valence-electron chi connectivity index (χ0n) is 25.2. The van der Waals surface area contributed by atoms with Crippen LogP contribution in [0.5, 0.6) is 5.75 Å². The fraction of sp³-hybridized carbons (Fsp3) is 0.314. The molecule has 0 amide bonds. The summed E-state index contributed by atoms with van der Waals surface area (Å²) in [5, 5.41) is 11.1. The van der Waals surface area contributed by atoms with Gasteiger partial charge >= 0.3 is 18.1 Å². The monoisotopic (exact) mass is 634 g/mol. The molecule has 2 aromatic heterocycles. The summed E-state index contributed by atoms with van der Waals surface area (Å²) in [4.78, 5) is 29.6. The van der Waals surface area contributed by atoms with Crippen LogP contribution < -0.4 is 4.74 Å². The lowest BCUT2D eigenvalue weighted by atomic mass is 9.77. The van der Waals surface area contributed by atoms with E-state index in [0.29, 0.717) is 22.8 Å². The lowest BCUT2D eigenvalue weighted by molar-refractivity contribution is -0.137. The van der Waals surface area contributed by atoms with E-state index >= 15 is 0 Å². The molecule has 0 radical (unpaired) electrons. The number of hydrogen-bond donors (Lipinski definition) is 3.